The van der Waals surface area contributed by atoms with Crippen LogP contribution in [-0.2, 0) is 35.5 Å². The maximum atomic E-state index is 13.7. The lowest BCUT2D eigenvalue weighted by Gasteiger charge is -2.52. The van der Waals surface area contributed by atoms with Gasteiger partial charge in [0.2, 0.25) is 12.7 Å². The lowest BCUT2D eigenvalue weighted by molar-refractivity contribution is -0.155. The van der Waals surface area contributed by atoms with Gasteiger partial charge in [-0.3, -0.25) is 14.5 Å². The summed E-state index contributed by atoms with van der Waals surface area (Å²) >= 11 is 3.96. The molecule has 0 aliphatic carbocycles. The number of likely N-dealkylation sites (tertiary alicyclic amines) is 1. The summed E-state index contributed by atoms with van der Waals surface area (Å²) in [6, 6.07) is 11.9. The highest BCUT2D eigenvalue weighted by Gasteiger charge is 2.54. The molecule has 1 unspecified atom stereocenters. The fourth-order valence-electron chi connectivity index (χ4n) is 5.68. The number of esters is 1. The Labute approximate surface area is 253 Å². The first-order valence-corrected chi connectivity index (χ1v) is 14.6. The van der Waals surface area contributed by atoms with Gasteiger partial charge in [-0.2, -0.15) is 25.8 Å². The van der Waals surface area contributed by atoms with Crippen molar-refractivity contribution in [2.24, 2.45) is 5.73 Å². The molecule has 1 spiro atoms. The smallest absolute Gasteiger partial charge is 0.416 e. The standard InChI is InChI=1S/C30H36F3N3O6S/c1-19-12-21(14-23(13-19)30(31,32)33)20(2)40-17-29(22-6-4-3-5-7-22)11-10-28(9-8-25(37)35-28)16-36(29)27(39)42-18-41-26(38)24(34)15-43/h3-7,12-14,20,24,43H,8-11,15-18,34H2,1-2H3,(H,35,37)/t20-,24?,28-,29-/m1/s1. The topological polar surface area (TPSA) is 120 Å². The molecule has 0 bridgehead atoms. The van der Waals surface area contributed by atoms with Crippen molar-refractivity contribution in [1.82, 2.24) is 10.2 Å². The summed E-state index contributed by atoms with van der Waals surface area (Å²) in [7, 11) is 0. The normalized spacial score (nSPS) is 23.5. The maximum Gasteiger partial charge on any atom is 0.416 e. The predicted molar refractivity (Wildman–Crippen MR) is 154 cm³/mol. The van der Waals surface area contributed by atoms with Crippen LogP contribution < -0.4 is 11.1 Å². The van der Waals surface area contributed by atoms with Crippen molar-refractivity contribution in [2.45, 2.75) is 68.9 Å². The monoisotopic (exact) mass is 623 g/mol. The number of nitrogens with two attached hydrogens (primary N) is 1. The predicted octanol–water partition coefficient (Wildman–Crippen LogP) is 4.63. The average molecular weight is 624 g/mol. The van der Waals surface area contributed by atoms with Gasteiger partial charge in [-0.05, 0) is 56.4 Å². The van der Waals surface area contributed by atoms with E-state index in [1.54, 1.807) is 19.9 Å². The average Bonchev–Trinajstić information content (AvgIpc) is 3.34. The molecule has 0 aromatic heterocycles. The SMILES string of the molecule is Cc1cc([C@@H](C)OC[C@@]2(c3ccccc3)CC[C@]3(CCC(=O)N3)CN2C(=O)OCOC(=O)C(N)CS)cc(C(F)(F)F)c1. The van der Waals surface area contributed by atoms with Crippen molar-refractivity contribution >= 4 is 30.6 Å². The first-order chi connectivity index (χ1) is 20.3. The zero-order chi connectivity index (χ0) is 31.4. The van der Waals surface area contributed by atoms with E-state index in [4.69, 9.17) is 19.9 Å². The number of thiol groups is 1. The van der Waals surface area contributed by atoms with E-state index in [0.717, 1.165) is 12.1 Å². The van der Waals surface area contributed by atoms with Gasteiger partial charge >= 0.3 is 18.2 Å². The first-order valence-electron chi connectivity index (χ1n) is 13.9. The second-order valence-corrected chi connectivity index (χ2v) is 11.5. The Balaban J connectivity index is 1.65. The molecular weight excluding hydrogens is 587 g/mol. The highest BCUT2D eigenvalue weighted by Crippen LogP contribution is 2.45. The van der Waals surface area contributed by atoms with Crippen LogP contribution in [0.2, 0.25) is 0 Å². The Bertz CT molecular complexity index is 1330. The zero-order valence-corrected chi connectivity index (χ0v) is 24.9. The number of piperidine rings is 1. The van der Waals surface area contributed by atoms with Crippen LogP contribution in [0.4, 0.5) is 18.0 Å². The molecule has 2 aromatic rings. The number of nitrogens with zero attached hydrogens (tertiary/aromatic N) is 1. The molecule has 43 heavy (non-hydrogen) atoms. The van der Waals surface area contributed by atoms with E-state index < -0.39 is 53.8 Å². The van der Waals surface area contributed by atoms with Crippen LogP contribution in [-0.4, -0.2) is 60.1 Å². The molecule has 2 aromatic carbocycles. The molecule has 13 heteroatoms. The van der Waals surface area contributed by atoms with Crippen LogP contribution in [0.1, 0.15) is 61.0 Å². The number of carbonyl (C=O) groups excluding carboxylic acids is 3. The number of aryl methyl sites for hydroxylation is 1. The molecule has 3 N–H and O–H groups in total. The second kappa shape index (κ2) is 13.1. The molecule has 234 valence electrons. The van der Waals surface area contributed by atoms with Gasteiger partial charge in [0.25, 0.3) is 0 Å². The molecular formula is C30H36F3N3O6S. The number of hydrogen-bond donors (Lipinski definition) is 3. The summed E-state index contributed by atoms with van der Waals surface area (Å²) in [5.41, 5.74) is 4.53. The molecule has 0 saturated carbocycles. The van der Waals surface area contributed by atoms with Crippen molar-refractivity contribution in [3.05, 3.63) is 70.8 Å². The van der Waals surface area contributed by atoms with Crippen LogP contribution in [0.3, 0.4) is 0 Å². The summed E-state index contributed by atoms with van der Waals surface area (Å²) in [5.74, 6) is -0.872. The van der Waals surface area contributed by atoms with Gasteiger partial charge in [0, 0.05) is 18.7 Å². The Kier molecular flexibility index (Phi) is 9.97. The van der Waals surface area contributed by atoms with E-state index in [1.165, 1.54) is 4.90 Å². The molecule has 9 nitrogen and oxygen atoms in total. The Morgan fingerprint density at radius 1 is 1.12 bits per heavy atom. The van der Waals surface area contributed by atoms with Crippen molar-refractivity contribution in [3.8, 4) is 0 Å². The number of alkyl halides is 3. The number of carbonyl (C=O) groups is 3. The zero-order valence-electron chi connectivity index (χ0n) is 24.0. The summed E-state index contributed by atoms with van der Waals surface area (Å²) in [6.45, 7) is 2.54. The fraction of sp³-hybridized carbons (Fsp3) is 0.500. The Morgan fingerprint density at radius 2 is 1.84 bits per heavy atom. The molecule has 2 amide bonds. The fourth-order valence-corrected chi connectivity index (χ4v) is 5.83. The Hall–Kier alpha value is -3.29. The lowest BCUT2D eigenvalue weighted by atomic mass is 9.74. The molecule has 2 heterocycles. The van der Waals surface area contributed by atoms with E-state index >= 15 is 0 Å². The number of hydrogen-bond acceptors (Lipinski definition) is 8. The van der Waals surface area contributed by atoms with E-state index in [2.05, 4.69) is 17.9 Å². The highest BCUT2D eigenvalue weighted by atomic mass is 32.1. The largest absolute Gasteiger partial charge is 0.427 e. The van der Waals surface area contributed by atoms with Gasteiger partial charge in [0.05, 0.1) is 29.4 Å². The minimum Gasteiger partial charge on any atom is -0.427 e. The van der Waals surface area contributed by atoms with E-state index in [9.17, 15) is 27.6 Å². The minimum atomic E-state index is -4.52. The first kappa shape index (κ1) is 32.6. The molecule has 2 aliphatic rings. The van der Waals surface area contributed by atoms with Gasteiger partial charge in [0.1, 0.15) is 6.04 Å². The van der Waals surface area contributed by atoms with Crippen molar-refractivity contribution < 1.29 is 41.8 Å². The van der Waals surface area contributed by atoms with Crippen molar-refractivity contribution in [3.63, 3.8) is 0 Å². The van der Waals surface area contributed by atoms with Crippen LogP contribution in [0, 0.1) is 6.92 Å². The minimum absolute atomic E-state index is 0.0408. The van der Waals surface area contributed by atoms with Crippen LogP contribution in [0.25, 0.3) is 0 Å². The van der Waals surface area contributed by atoms with Gasteiger partial charge in [-0.25, -0.2) is 4.79 Å². The molecule has 2 fully saturated rings. The third kappa shape index (κ3) is 7.44. The number of benzene rings is 2. The van der Waals surface area contributed by atoms with Crippen LogP contribution in [0.5, 0.6) is 0 Å². The summed E-state index contributed by atoms with van der Waals surface area (Å²) in [4.78, 5) is 39.4. The number of rotatable bonds is 9. The highest BCUT2D eigenvalue weighted by molar-refractivity contribution is 7.80. The number of halogens is 3. The van der Waals surface area contributed by atoms with Gasteiger partial charge in [0.15, 0.2) is 0 Å². The molecule has 0 radical (unpaired) electrons. The quantitative estimate of drug-likeness (QED) is 0.212. The number of nitrogens with one attached hydrogen (secondary N) is 1. The van der Waals surface area contributed by atoms with Crippen molar-refractivity contribution in [1.29, 1.82) is 0 Å². The van der Waals surface area contributed by atoms with Crippen LogP contribution in [0.15, 0.2) is 48.5 Å². The van der Waals surface area contributed by atoms with Gasteiger partial charge in [-0.15, -0.1) is 0 Å². The summed E-state index contributed by atoms with van der Waals surface area (Å²) in [5, 5.41) is 3.01. The maximum absolute atomic E-state index is 13.7. The van der Waals surface area contributed by atoms with Crippen LogP contribution >= 0.6 is 12.6 Å². The van der Waals surface area contributed by atoms with E-state index in [-0.39, 0.29) is 24.8 Å². The molecule has 2 aliphatic heterocycles. The summed E-state index contributed by atoms with van der Waals surface area (Å²) in [6.07, 6.45) is -4.41. The van der Waals surface area contributed by atoms with E-state index in [1.807, 2.05) is 30.3 Å². The number of amides is 2. The third-order valence-electron chi connectivity index (χ3n) is 8.11. The third-order valence-corrected chi connectivity index (χ3v) is 8.51. The van der Waals surface area contributed by atoms with Gasteiger partial charge < -0.3 is 25.3 Å². The Morgan fingerprint density at radius 3 is 2.47 bits per heavy atom. The molecule has 4 rings (SSSR count). The van der Waals surface area contributed by atoms with Crippen molar-refractivity contribution in [2.75, 3.05) is 25.7 Å². The summed E-state index contributed by atoms with van der Waals surface area (Å²) < 4.78 is 57.2. The molecule has 4 atom stereocenters. The van der Waals surface area contributed by atoms with Gasteiger partial charge in [-0.1, -0.05) is 42.0 Å². The second-order valence-electron chi connectivity index (χ2n) is 11.2. The lowest BCUT2D eigenvalue weighted by Crippen LogP contribution is -2.65. The molecule has 2 saturated heterocycles. The number of ether oxygens (including phenoxy) is 3. The van der Waals surface area contributed by atoms with E-state index in [0.29, 0.717) is 42.4 Å².